The zero-order valence-corrected chi connectivity index (χ0v) is 8.54. The third-order valence-corrected chi connectivity index (χ3v) is 2.41. The van der Waals surface area contributed by atoms with Crippen LogP contribution in [0.2, 0.25) is 0 Å². The summed E-state index contributed by atoms with van der Waals surface area (Å²) in [6.07, 6.45) is 0. The summed E-state index contributed by atoms with van der Waals surface area (Å²) in [4.78, 5) is 0. The molecule has 0 saturated heterocycles. The molecule has 0 spiro atoms. The minimum absolute atomic E-state index is 0.228. The molecule has 4 heteroatoms. The van der Waals surface area contributed by atoms with E-state index in [1.165, 1.54) is 0 Å². The molecule has 0 aliphatic rings. The maximum Gasteiger partial charge on any atom is 0.225 e. The van der Waals surface area contributed by atoms with Crippen LogP contribution in [0.1, 0.15) is 11.1 Å². The fourth-order valence-electron chi connectivity index (χ4n) is 1.43. The third kappa shape index (κ3) is 1.48. The van der Waals surface area contributed by atoms with Gasteiger partial charge in [0.25, 0.3) is 0 Å². The van der Waals surface area contributed by atoms with Crippen molar-refractivity contribution in [1.82, 2.24) is 5.16 Å². The number of halogens is 1. The highest BCUT2D eigenvalue weighted by atomic mass is 19.1. The fraction of sp³-hybridized carbons (Fsp3) is 0.182. The quantitative estimate of drug-likeness (QED) is 0.780. The highest BCUT2D eigenvalue weighted by Crippen LogP contribution is 2.29. The van der Waals surface area contributed by atoms with Crippen molar-refractivity contribution >= 4 is 5.88 Å². The summed E-state index contributed by atoms with van der Waals surface area (Å²) >= 11 is 0. The maximum absolute atomic E-state index is 13.8. The van der Waals surface area contributed by atoms with E-state index in [0.29, 0.717) is 22.4 Å². The number of hydrogen-bond donors (Lipinski definition) is 1. The molecule has 0 fully saturated rings. The molecule has 2 N–H and O–H groups in total. The third-order valence-electron chi connectivity index (χ3n) is 2.41. The van der Waals surface area contributed by atoms with Gasteiger partial charge in [-0.15, -0.1) is 0 Å². The Hall–Kier alpha value is -1.84. The highest BCUT2D eigenvalue weighted by molar-refractivity contribution is 5.67. The molecule has 15 heavy (non-hydrogen) atoms. The smallest absolute Gasteiger partial charge is 0.225 e. The van der Waals surface area contributed by atoms with E-state index in [-0.39, 0.29) is 11.7 Å². The highest BCUT2D eigenvalue weighted by Gasteiger charge is 2.15. The molecule has 0 aliphatic heterocycles. The molecule has 0 radical (unpaired) electrons. The van der Waals surface area contributed by atoms with E-state index in [1.54, 1.807) is 32.0 Å². The number of benzene rings is 1. The predicted molar refractivity (Wildman–Crippen MR) is 55.8 cm³/mol. The summed E-state index contributed by atoms with van der Waals surface area (Å²) in [6.45, 7) is 3.46. The Morgan fingerprint density at radius 3 is 2.67 bits per heavy atom. The largest absolute Gasteiger partial charge is 0.367 e. The van der Waals surface area contributed by atoms with E-state index in [0.717, 1.165) is 0 Å². The van der Waals surface area contributed by atoms with Crippen molar-refractivity contribution in [2.75, 3.05) is 5.73 Å². The van der Waals surface area contributed by atoms with Gasteiger partial charge in [-0.05, 0) is 25.5 Å². The molecule has 3 nitrogen and oxygen atoms in total. The van der Waals surface area contributed by atoms with Crippen molar-refractivity contribution < 1.29 is 8.91 Å². The van der Waals surface area contributed by atoms with Gasteiger partial charge in [0.05, 0.1) is 0 Å². The second kappa shape index (κ2) is 3.38. The minimum Gasteiger partial charge on any atom is -0.367 e. The normalized spacial score (nSPS) is 10.6. The number of nitrogens with two attached hydrogens (primary N) is 1. The standard InChI is InChI=1S/C11H11FN2O/c1-6-4-3-5-8(9(6)12)10-7(2)11(13)15-14-10/h3-5H,13H2,1-2H3. The van der Waals surface area contributed by atoms with E-state index in [4.69, 9.17) is 10.3 Å². The Labute approximate surface area is 86.7 Å². The summed E-state index contributed by atoms with van der Waals surface area (Å²) in [5.74, 6) is -0.0557. The average Bonchev–Trinajstić information content (AvgIpc) is 2.53. The lowest BCUT2D eigenvalue weighted by Gasteiger charge is -2.02. The van der Waals surface area contributed by atoms with Crippen LogP contribution in [0, 0.1) is 19.7 Å². The zero-order valence-electron chi connectivity index (χ0n) is 8.54. The molecule has 1 aromatic heterocycles. The van der Waals surface area contributed by atoms with Gasteiger partial charge in [-0.1, -0.05) is 17.3 Å². The minimum atomic E-state index is -0.283. The van der Waals surface area contributed by atoms with Crippen LogP contribution in [0.5, 0.6) is 0 Å². The summed E-state index contributed by atoms with van der Waals surface area (Å²) in [5, 5.41) is 3.75. The number of hydrogen-bond acceptors (Lipinski definition) is 3. The van der Waals surface area contributed by atoms with Crippen molar-refractivity contribution in [2.45, 2.75) is 13.8 Å². The Morgan fingerprint density at radius 1 is 1.33 bits per heavy atom. The Bertz CT molecular complexity index is 505. The van der Waals surface area contributed by atoms with Crippen LogP contribution < -0.4 is 5.73 Å². The molecular formula is C11H11FN2O. The Morgan fingerprint density at radius 2 is 2.07 bits per heavy atom. The van der Waals surface area contributed by atoms with E-state index < -0.39 is 0 Å². The van der Waals surface area contributed by atoms with E-state index in [9.17, 15) is 4.39 Å². The number of aromatic nitrogens is 1. The summed E-state index contributed by atoms with van der Waals surface area (Å²) < 4.78 is 18.6. The summed E-state index contributed by atoms with van der Waals surface area (Å²) in [6, 6.07) is 5.14. The molecular weight excluding hydrogens is 195 g/mol. The molecule has 0 bridgehead atoms. The van der Waals surface area contributed by atoms with Gasteiger partial charge in [-0.25, -0.2) is 4.39 Å². The molecule has 0 aliphatic carbocycles. The predicted octanol–water partition coefficient (Wildman–Crippen LogP) is 2.68. The van der Waals surface area contributed by atoms with Crippen LogP contribution in [0.15, 0.2) is 22.7 Å². The van der Waals surface area contributed by atoms with Gasteiger partial charge in [0.1, 0.15) is 11.5 Å². The molecule has 0 unspecified atom stereocenters. The second-order valence-corrected chi connectivity index (χ2v) is 3.46. The SMILES string of the molecule is Cc1cccc(-c2noc(N)c2C)c1F. The first kappa shape index (κ1) is 9.71. The monoisotopic (exact) mass is 206 g/mol. The van der Waals surface area contributed by atoms with Crippen molar-refractivity contribution in [3.63, 3.8) is 0 Å². The number of rotatable bonds is 1. The molecule has 1 aromatic carbocycles. The molecule has 0 saturated carbocycles. The second-order valence-electron chi connectivity index (χ2n) is 3.46. The van der Waals surface area contributed by atoms with E-state index in [1.807, 2.05) is 0 Å². The van der Waals surface area contributed by atoms with Crippen LogP contribution in [0.25, 0.3) is 11.3 Å². The molecule has 2 rings (SSSR count). The maximum atomic E-state index is 13.8. The van der Waals surface area contributed by atoms with Crippen LogP contribution in [0.4, 0.5) is 10.3 Å². The summed E-state index contributed by atoms with van der Waals surface area (Å²) in [7, 11) is 0. The van der Waals surface area contributed by atoms with Gasteiger partial charge in [-0.3, -0.25) is 0 Å². The fourth-order valence-corrected chi connectivity index (χ4v) is 1.43. The first-order valence-corrected chi connectivity index (χ1v) is 4.58. The van der Waals surface area contributed by atoms with Gasteiger partial charge in [-0.2, -0.15) is 0 Å². The molecule has 78 valence electrons. The van der Waals surface area contributed by atoms with Gasteiger partial charge < -0.3 is 10.3 Å². The van der Waals surface area contributed by atoms with Crippen molar-refractivity contribution in [1.29, 1.82) is 0 Å². The van der Waals surface area contributed by atoms with Crippen molar-refractivity contribution in [3.05, 3.63) is 35.1 Å². The van der Waals surface area contributed by atoms with Gasteiger partial charge >= 0.3 is 0 Å². The Balaban J connectivity index is 2.64. The number of nitrogens with zero attached hydrogens (tertiary/aromatic N) is 1. The van der Waals surface area contributed by atoms with E-state index >= 15 is 0 Å². The first-order chi connectivity index (χ1) is 7.11. The molecule has 2 aromatic rings. The lowest BCUT2D eigenvalue weighted by atomic mass is 10.1. The van der Waals surface area contributed by atoms with Crippen LogP contribution in [-0.4, -0.2) is 5.16 Å². The topological polar surface area (TPSA) is 52.0 Å². The number of aryl methyl sites for hydroxylation is 1. The van der Waals surface area contributed by atoms with Gasteiger partial charge in [0.15, 0.2) is 0 Å². The van der Waals surface area contributed by atoms with Crippen LogP contribution in [-0.2, 0) is 0 Å². The number of nitrogen functional groups attached to an aromatic ring is 1. The lowest BCUT2D eigenvalue weighted by Crippen LogP contribution is -1.90. The zero-order chi connectivity index (χ0) is 11.0. The first-order valence-electron chi connectivity index (χ1n) is 4.58. The lowest BCUT2D eigenvalue weighted by molar-refractivity contribution is 0.438. The van der Waals surface area contributed by atoms with Gasteiger partial charge in [0.2, 0.25) is 5.88 Å². The molecule has 0 amide bonds. The van der Waals surface area contributed by atoms with Crippen LogP contribution in [0.3, 0.4) is 0 Å². The van der Waals surface area contributed by atoms with Gasteiger partial charge in [0, 0.05) is 11.1 Å². The van der Waals surface area contributed by atoms with Crippen molar-refractivity contribution in [2.24, 2.45) is 0 Å². The molecule has 0 atom stereocenters. The average molecular weight is 206 g/mol. The Kier molecular flexibility index (Phi) is 2.19. The van der Waals surface area contributed by atoms with Crippen molar-refractivity contribution in [3.8, 4) is 11.3 Å². The summed E-state index contributed by atoms with van der Waals surface area (Å²) in [5.41, 5.74) is 7.65. The molecule has 1 heterocycles. The van der Waals surface area contributed by atoms with E-state index in [2.05, 4.69) is 5.16 Å². The number of anilines is 1. The van der Waals surface area contributed by atoms with Crippen LogP contribution >= 0.6 is 0 Å².